The van der Waals surface area contributed by atoms with Crippen LogP contribution in [0, 0.1) is 0 Å². The number of hydrogen-bond acceptors (Lipinski definition) is 2. The molecular weight excluding hydrogens is 296 g/mol. The van der Waals surface area contributed by atoms with Crippen LogP contribution in [0.2, 0.25) is 5.02 Å². The number of hydrogen-bond donors (Lipinski definition) is 1. The van der Waals surface area contributed by atoms with Crippen molar-refractivity contribution in [2.75, 3.05) is 26.7 Å². The average Bonchev–Trinajstić information content (AvgIpc) is 2.54. The number of nitrogens with one attached hydrogen (secondary N) is 1. The monoisotopic (exact) mass is 322 g/mol. The molecule has 1 aromatic rings. The van der Waals surface area contributed by atoms with E-state index in [9.17, 15) is 4.79 Å². The fraction of sp³-hybridized carbons (Fsp3) is 0.611. The summed E-state index contributed by atoms with van der Waals surface area (Å²) in [5.74, 6) is 0.353. The topological polar surface area (TPSA) is 32.3 Å². The second kappa shape index (κ2) is 9.16. The summed E-state index contributed by atoms with van der Waals surface area (Å²) in [6, 6.07) is 7.94. The molecule has 1 aliphatic rings. The lowest BCUT2D eigenvalue weighted by Gasteiger charge is -2.27. The number of rotatable bonds is 7. The SMILES string of the molecule is CNC(=O)C[C@@H](CCCN1CCCCC1)c1cccc(Cl)c1. The molecule has 1 aromatic carbocycles. The van der Waals surface area contributed by atoms with Crippen LogP contribution in [0.4, 0.5) is 0 Å². The molecule has 0 unspecified atom stereocenters. The number of amides is 1. The summed E-state index contributed by atoms with van der Waals surface area (Å²) in [5.41, 5.74) is 1.18. The Bertz CT molecular complexity index is 472. The highest BCUT2D eigenvalue weighted by Gasteiger charge is 2.17. The lowest BCUT2D eigenvalue weighted by Crippen LogP contribution is -2.30. The van der Waals surface area contributed by atoms with Crippen LogP contribution in [0.15, 0.2) is 24.3 Å². The molecule has 0 aliphatic carbocycles. The maximum absolute atomic E-state index is 11.8. The van der Waals surface area contributed by atoms with Gasteiger partial charge in [-0.25, -0.2) is 0 Å². The predicted molar refractivity (Wildman–Crippen MR) is 92.4 cm³/mol. The summed E-state index contributed by atoms with van der Waals surface area (Å²) in [7, 11) is 1.70. The molecule has 3 nitrogen and oxygen atoms in total. The number of benzene rings is 1. The molecule has 0 saturated carbocycles. The summed E-state index contributed by atoms with van der Waals surface area (Å²) in [4.78, 5) is 14.3. The third-order valence-electron chi connectivity index (χ3n) is 4.51. The Morgan fingerprint density at radius 3 is 2.77 bits per heavy atom. The quantitative estimate of drug-likeness (QED) is 0.827. The maximum atomic E-state index is 11.8. The zero-order valence-corrected chi connectivity index (χ0v) is 14.2. The molecule has 0 bridgehead atoms. The van der Waals surface area contributed by atoms with Crippen LogP contribution in [-0.4, -0.2) is 37.5 Å². The molecule has 1 fully saturated rings. The number of halogens is 1. The molecule has 1 heterocycles. The zero-order valence-electron chi connectivity index (χ0n) is 13.5. The van der Waals surface area contributed by atoms with Crippen molar-refractivity contribution < 1.29 is 4.79 Å². The van der Waals surface area contributed by atoms with E-state index in [2.05, 4.69) is 16.3 Å². The largest absolute Gasteiger partial charge is 0.359 e. The van der Waals surface area contributed by atoms with Gasteiger partial charge in [0.2, 0.25) is 5.91 Å². The minimum absolute atomic E-state index is 0.1000. The van der Waals surface area contributed by atoms with Crippen LogP contribution in [0.5, 0.6) is 0 Å². The lowest BCUT2D eigenvalue weighted by atomic mass is 9.90. The number of likely N-dealkylation sites (tertiary alicyclic amines) is 1. The normalized spacial score (nSPS) is 17.2. The van der Waals surface area contributed by atoms with E-state index in [0.717, 1.165) is 24.4 Å². The molecule has 1 atom stereocenters. The molecule has 2 rings (SSSR count). The average molecular weight is 323 g/mol. The van der Waals surface area contributed by atoms with Crippen molar-refractivity contribution in [3.05, 3.63) is 34.9 Å². The van der Waals surface area contributed by atoms with Crippen LogP contribution in [0.1, 0.15) is 50.0 Å². The highest BCUT2D eigenvalue weighted by molar-refractivity contribution is 6.30. The van der Waals surface area contributed by atoms with Gasteiger partial charge in [-0.3, -0.25) is 4.79 Å². The van der Waals surface area contributed by atoms with E-state index in [1.165, 1.54) is 37.9 Å². The highest BCUT2D eigenvalue weighted by Crippen LogP contribution is 2.27. The van der Waals surface area contributed by atoms with E-state index in [4.69, 9.17) is 11.6 Å². The molecule has 1 N–H and O–H groups in total. The second-order valence-corrected chi connectivity index (χ2v) is 6.61. The number of carbonyl (C=O) groups excluding carboxylic acids is 1. The first-order valence-corrected chi connectivity index (χ1v) is 8.75. The van der Waals surface area contributed by atoms with Crippen LogP contribution in [0.3, 0.4) is 0 Å². The van der Waals surface area contributed by atoms with Gasteiger partial charge >= 0.3 is 0 Å². The molecule has 4 heteroatoms. The number of piperidine rings is 1. The molecule has 122 valence electrons. The van der Waals surface area contributed by atoms with E-state index in [-0.39, 0.29) is 11.8 Å². The van der Waals surface area contributed by atoms with Gasteiger partial charge in [0.1, 0.15) is 0 Å². The van der Waals surface area contributed by atoms with Crippen molar-refractivity contribution in [1.82, 2.24) is 10.2 Å². The fourth-order valence-corrected chi connectivity index (χ4v) is 3.42. The van der Waals surface area contributed by atoms with E-state index < -0.39 is 0 Å². The number of carbonyl (C=O) groups is 1. The van der Waals surface area contributed by atoms with E-state index >= 15 is 0 Å². The van der Waals surface area contributed by atoms with Crippen molar-refractivity contribution in [1.29, 1.82) is 0 Å². The highest BCUT2D eigenvalue weighted by atomic mass is 35.5. The smallest absolute Gasteiger partial charge is 0.220 e. The first-order valence-electron chi connectivity index (χ1n) is 8.37. The van der Waals surface area contributed by atoms with Crippen LogP contribution >= 0.6 is 11.6 Å². The van der Waals surface area contributed by atoms with Gasteiger partial charge in [0, 0.05) is 18.5 Å². The zero-order chi connectivity index (χ0) is 15.8. The van der Waals surface area contributed by atoms with Gasteiger partial charge in [0.05, 0.1) is 0 Å². The van der Waals surface area contributed by atoms with Gasteiger partial charge < -0.3 is 10.2 Å². The van der Waals surface area contributed by atoms with Gasteiger partial charge in [-0.1, -0.05) is 30.2 Å². The summed E-state index contributed by atoms with van der Waals surface area (Å²) in [5, 5.41) is 3.48. The number of nitrogens with zero attached hydrogens (tertiary/aromatic N) is 1. The second-order valence-electron chi connectivity index (χ2n) is 6.17. The Balaban J connectivity index is 1.90. The molecule has 1 aliphatic heterocycles. The van der Waals surface area contributed by atoms with Crippen molar-refractivity contribution in [3.63, 3.8) is 0 Å². The third-order valence-corrected chi connectivity index (χ3v) is 4.74. The first kappa shape index (κ1) is 17.3. The van der Waals surface area contributed by atoms with Gasteiger partial charge in [0.25, 0.3) is 0 Å². The van der Waals surface area contributed by atoms with E-state index in [1.54, 1.807) is 7.05 Å². The molecule has 0 aromatic heterocycles. The van der Waals surface area contributed by atoms with Crippen molar-refractivity contribution in [2.45, 2.75) is 44.4 Å². The van der Waals surface area contributed by atoms with Crippen LogP contribution in [-0.2, 0) is 4.79 Å². The first-order chi connectivity index (χ1) is 10.7. The molecule has 0 radical (unpaired) electrons. The summed E-state index contributed by atoms with van der Waals surface area (Å²) >= 11 is 6.11. The van der Waals surface area contributed by atoms with E-state index in [1.807, 2.05) is 18.2 Å². The summed E-state index contributed by atoms with van der Waals surface area (Å²) in [6.07, 6.45) is 6.74. The van der Waals surface area contributed by atoms with Gasteiger partial charge in [-0.05, 0) is 68.9 Å². The predicted octanol–water partition coefficient (Wildman–Crippen LogP) is 3.83. The minimum Gasteiger partial charge on any atom is -0.359 e. The Morgan fingerprint density at radius 1 is 1.32 bits per heavy atom. The minimum atomic E-state index is 0.1000. The Hall–Kier alpha value is -1.06. The third kappa shape index (κ3) is 5.62. The standard InChI is InChI=1S/C18H27ClN2O/c1-20-18(22)14-16(15-7-5-9-17(19)13-15)8-6-12-21-10-3-2-4-11-21/h5,7,9,13,16H,2-4,6,8,10-12,14H2,1H3,(H,20,22)/t16-/m1/s1. The van der Waals surface area contributed by atoms with E-state index in [0.29, 0.717) is 6.42 Å². The lowest BCUT2D eigenvalue weighted by molar-refractivity contribution is -0.121. The van der Waals surface area contributed by atoms with Crippen LogP contribution < -0.4 is 5.32 Å². The molecular formula is C18H27ClN2O. The van der Waals surface area contributed by atoms with Crippen molar-refractivity contribution >= 4 is 17.5 Å². The summed E-state index contributed by atoms with van der Waals surface area (Å²) < 4.78 is 0. The Morgan fingerprint density at radius 2 is 2.09 bits per heavy atom. The molecule has 1 amide bonds. The Kier molecular flexibility index (Phi) is 7.20. The van der Waals surface area contributed by atoms with Crippen LogP contribution in [0.25, 0.3) is 0 Å². The Labute approximate surface area is 139 Å². The van der Waals surface area contributed by atoms with Gasteiger partial charge in [-0.15, -0.1) is 0 Å². The van der Waals surface area contributed by atoms with Gasteiger partial charge in [0.15, 0.2) is 0 Å². The summed E-state index contributed by atoms with van der Waals surface area (Å²) in [6.45, 7) is 3.61. The fourth-order valence-electron chi connectivity index (χ4n) is 3.22. The maximum Gasteiger partial charge on any atom is 0.220 e. The van der Waals surface area contributed by atoms with Crippen molar-refractivity contribution in [2.24, 2.45) is 0 Å². The van der Waals surface area contributed by atoms with Gasteiger partial charge in [-0.2, -0.15) is 0 Å². The van der Waals surface area contributed by atoms with Crippen molar-refractivity contribution in [3.8, 4) is 0 Å². The molecule has 1 saturated heterocycles. The molecule has 22 heavy (non-hydrogen) atoms. The molecule has 0 spiro atoms.